The molecule has 0 saturated carbocycles. The van der Waals surface area contributed by atoms with E-state index in [4.69, 9.17) is 11.6 Å². The number of aromatic nitrogens is 1. The van der Waals surface area contributed by atoms with Crippen LogP contribution in [0.25, 0.3) is 0 Å². The van der Waals surface area contributed by atoms with Gasteiger partial charge in [0.05, 0.1) is 29.6 Å². The van der Waals surface area contributed by atoms with Gasteiger partial charge in [0.2, 0.25) is 5.91 Å². The Kier molecular flexibility index (Phi) is 7.75. The Morgan fingerprint density at radius 3 is 2.23 bits per heavy atom. The van der Waals surface area contributed by atoms with E-state index in [1.807, 2.05) is 48.5 Å². The maximum atomic E-state index is 12.9. The quantitative estimate of drug-likeness (QED) is 0.366. The SMILES string of the molecule is O=C(CC(NC(=O)c1ccccc1Cl)c1ccccc1)Nc1ccc(Cn2ccccc2=O)cc1. The molecule has 4 rings (SSSR count). The van der Waals surface area contributed by atoms with Crippen molar-refractivity contribution in [2.45, 2.75) is 19.0 Å². The van der Waals surface area contributed by atoms with E-state index in [9.17, 15) is 14.4 Å². The standard InChI is InChI=1S/C28H24ClN3O3/c29-24-11-5-4-10-23(24)28(35)31-25(21-8-2-1-3-9-21)18-26(33)30-22-15-13-20(14-16-22)19-32-17-7-6-12-27(32)34/h1-17,25H,18-19H2,(H,30,33)(H,31,35). The molecule has 6 nitrogen and oxygen atoms in total. The zero-order valence-corrected chi connectivity index (χ0v) is 19.6. The van der Waals surface area contributed by atoms with Gasteiger partial charge in [0.25, 0.3) is 11.5 Å². The van der Waals surface area contributed by atoms with Crippen molar-refractivity contribution < 1.29 is 9.59 Å². The van der Waals surface area contributed by atoms with E-state index in [0.29, 0.717) is 22.8 Å². The molecule has 1 aromatic heterocycles. The summed E-state index contributed by atoms with van der Waals surface area (Å²) >= 11 is 6.18. The van der Waals surface area contributed by atoms with Crippen LogP contribution in [0.1, 0.15) is 33.9 Å². The number of nitrogens with zero attached hydrogens (tertiary/aromatic N) is 1. The van der Waals surface area contributed by atoms with Crippen LogP contribution in [0.2, 0.25) is 5.02 Å². The van der Waals surface area contributed by atoms with E-state index in [-0.39, 0.29) is 23.8 Å². The Labute approximate surface area is 208 Å². The van der Waals surface area contributed by atoms with Crippen LogP contribution in [0.3, 0.4) is 0 Å². The lowest BCUT2D eigenvalue weighted by Gasteiger charge is -2.19. The number of hydrogen-bond donors (Lipinski definition) is 2. The molecule has 35 heavy (non-hydrogen) atoms. The number of halogens is 1. The van der Waals surface area contributed by atoms with Crippen molar-refractivity contribution in [3.05, 3.63) is 135 Å². The fourth-order valence-corrected chi connectivity index (χ4v) is 3.92. The van der Waals surface area contributed by atoms with Crippen molar-refractivity contribution >= 4 is 29.1 Å². The van der Waals surface area contributed by atoms with E-state index in [1.165, 1.54) is 6.07 Å². The molecule has 0 radical (unpaired) electrons. The van der Waals surface area contributed by atoms with Crippen LogP contribution in [-0.4, -0.2) is 16.4 Å². The molecule has 0 fully saturated rings. The van der Waals surface area contributed by atoms with Gasteiger partial charge in [-0.25, -0.2) is 0 Å². The number of amides is 2. The smallest absolute Gasteiger partial charge is 0.253 e. The first-order chi connectivity index (χ1) is 17.0. The van der Waals surface area contributed by atoms with Gasteiger partial charge in [-0.1, -0.05) is 72.3 Å². The number of anilines is 1. The molecule has 0 saturated heterocycles. The maximum absolute atomic E-state index is 12.9. The first kappa shape index (κ1) is 24.0. The topological polar surface area (TPSA) is 80.2 Å². The van der Waals surface area contributed by atoms with Gasteiger partial charge in [0.1, 0.15) is 0 Å². The number of pyridine rings is 1. The van der Waals surface area contributed by atoms with Crippen LogP contribution in [0, 0.1) is 0 Å². The predicted molar refractivity (Wildman–Crippen MR) is 138 cm³/mol. The third kappa shape index (κ3) is 6.46. The van der Waals surface area contributed by atoms with Gasteiger partial charge in [-0.2, -0.15) is 0 Å². The lowest BCUT2D eigenvalue weighted by atomic mass is 10.0. The largest absolute Gasteiger partial charge is 0.345 e. The summed E-state index contributed by atoms with van der Waals surface area (Å²) in [5.41, 5.74) is 2.65. The second kappa shape index (κ2) is 11.3. The van der Waals surface area contributed by atoms with Crippen molar-refractivity contribution in [1.82, 2.24) is 9.88 Å². The van der Waals surface area contributed by atoms with E-state index in [2.05, 4.69) is 10.6 Å². The summed E-state index contributed by atoms with van der Waals surface area (Å²) in [6.45, 7) is 0.443. The zero-order chi connectivity index (χ0) is 24.6. The molecule has 0 aliphatic heterocycles. The highest BCUT2D eigenvalue weighted by Crippen LogP contribution is 2.21. The molecular formula is C28H24ClN3O3. The summed E-state index contributed by atoms with van der Waals surface area (Å²) in [6, 6.07) is 27.9. The number of rotatable bonds is 8. The molecule has 0 aliphatic rings. The molecular weight excluding hydrogens is 462 g/mol. The van der Waals surface area contributed by atoms with Gasteiger partial charge < -0.3 is 15.2 Å². The molecule has 0 spiro atoms. The summed E-state index contributed by atoms with van der Waals surface area (Å²) in [7, 11) is 0. The number of carbonyl (C=O) groups is 2. The molecule has 1 heterocycles. The summed E-state index contributed by atoms with van der Waals surface area (Å²) in [6.07, 6.45) is 1.78. The van der Waals surface area contributed by atoms with Crippen LogP contribution >= 0.6 is 11.6 Å². The Morgan fingerprint density at radius 1 is 0.829 bits per heavy atom. The molecule has 7 heteroatoms. The van der Waals surface area contributed by atoms with Crippen LogP contribution in [0.15, 0.2) is 108 Å². The minimum atomic E-state index is -0.538. The average molecular weight is 486 g/mol. The highest BCUT2D eigenvalue weighted by atomic mass is 35.5. The summed E-state index contributed by atoms with van der Waals surface area (Å²) in [5.74, 6) is -0.594. The number of carbonyl (C=O) groups excluding carboxylic acids is 2. The molecule has 4 aromatic rings. The van der Waals surface area contributed by atoms with Crippen molar-refractivity contribution in [1.29, 1.82) is 0 Å². The Hall–Kier alpha value is -4.16. The van der Waals surface area contributed by atoms with E-state index in [0.717, 1.165) is 11.1 Å². The monoisotopic (exact) mass is 485 g/mol. The van der Waals surface area contributed by atoms with Gasteiger partial charge in [-0.15, -0.1) is 0 Å². The molecule has 2 amide bonds. The van der Waals surface area contributed by atoms with Gasteiger partial charge in [0, 0.05) is 18.0 Å². The third-order valence-electron chi connectivity index (χ3n) is 5.50. The lowest BCUT2D eigenvalue weighted by Crippen LogP contribution is -2.31. The highest BCUT2D eigenvalue weighted by molar-refractivity contribution is 6.33. The fraction of sp³-hybridized carbons (Fsp3) is 0.107. The normalized spacial score (nSPS) is 11.5. The van der Waals surface area contributed by atoms with Crippen molar-refractivity contribution in [3.63, 3.8) is 0 Å². The van der Waals surface area contributed by atoms with E-state index in [1.54, 1.807) is 53.2 Å². The van der Waals surface area contributed by atoms with Gasteiger partial charge >= 0.3 is 0 Å². The molecule has 1 unspecified atom stereocenters. The number of benzene rings is 3. The van der Waals surface area contributed by atoms with Gasteiger partial charge in [0.15, 0.2) is 0 Å². The molecule has 0 bridgehead atoms. The predicted octanol–water partition coefficient (Wildman–Crippen LogP) is 5.05. The highest BCUT2D eigenvalue weighted by Gasteiger charge is 2.20. The van der Waals surface area contributed by atoms with Crippen LogP contribution in [0.4, 0.5) is 5.69 Å². The Bertz CT molecular complexity index is 1370. The van der Waals surface area contributed by atoms with Crippen LogP contribution in [-0.2, 0) is 11.3 Å². The fourth-order valence-electron chi connectivity index (χ4n) is 3.70. The second-order valence-electron chi connectivity index (χ2n) is 8.03. The van der Waals surface area contributed by atoms with E-state index >= 15 is 0 Å². The first-order valence-corrected chi connectivity index (χ1v) is 11.5. The van der Waals surface area contributed by atoms with Crippen molar-refractivity contribution in [3.8, 4) is 0 Å². The maximum Gasteiger partial charge on any atom is 0.253 e. The summed E-state index contributed by atoms with van der Waals surface area (Å²) in [4.78, 5) is 37.6. The van der Waals surface area contributed by atoms with Gasteiger partial charge in [-0.05, 0) is 41.5 Å². The minimum absolute atomic E-state index is 0.0430. The number of hydrogen-bond acceptors (Lipinski definition) is 3. The van der Waals surface area contributed by atoms with Gasteiger partial charge in [-0.3, -0.25) is 14.4 Å². The summed E-state index contributed by atoms with van der Waals surface area (Å²) < 4.78 is 1.61. The minimum Gasteiger partial charge on any atom is -0.345 e. The Balaban J connectivity index is 1.43. The second-order valence-corrected chi connectivity index (χ2v) is 8.44. The van der Waals surface area contributed by atoms with Crippen molar-refractivity contribution in [2.24, 2.45) is 0 Å². The summed E-state index contributed by atoms with van der Waals surface area (Å²) in [5, 5.41) is 6.16. The molecule has 176 valence electrons. The molecule has 2 N–H and O–H groups in total. The van der Waals surface area contributed by atoms with Crippen LogP contribution in [0.5, 0.6) is 0 Å². The number of nitrogens with one attached hydrogen (secondary N) is 2. The molecule has 3 aromatic carbocycles. The lowest BCUT2D eigenvalue weighted by molar-refractivity contribution is -0.116. The van der Waals surface area contributed by atoms with Crippen molar-refractivity contribution in [2.75, 3.05) is 5.32 Å². The van der Waals surface area contributed by atoms with E-state index < -0.39 is 6.04 Å². The zero-order valence-electron chi connectivity index (χ0n) is 18.9. The molecule has 0 aliphatic carbocycles. The average Bonchev–Trinajstić information content (AvgIpc) is 2.87. The van der Waals surface area contributed by atoms with Crippen LogP contribution < -0.4 is 16.2 Å². The third-order valence-corrected chi connectivity index (χ3v) is 5.83. The Morgan fingerprint density at radius 2 is 1.51 bits per heavy atom. The first-order valence-electron chi connectivity index (χ1n) is 11.1. The molecule has 1 atom stereocenters.